The predicted molar refractivity (Wildman–Crippen MR) is 162 cm³/mol. The Morgan fingerprint density at radius 1 is 1.09 bits per heavy atom. The fourth-order valence-electron chi connectivity index (χ4n) is 4.81. The van der Waals surface area contributed by atoms with Crippen molar-refractivity contribution >= 4 is 28.8 Å². The summed E-state index contributed by atoms with van der Waals surface area (Å²) in [5, 5.41) is 8.78. The van der Waals surface area contributed by atoms with Crippen LogP contribution in [0.3, 0.4) is 0 Å². The van der Waals surface area contributed by atoms with Gasteiger partial charge in [0.25, 0.3) is 0 Å². The zero-order valence-electron chi connectivity index (χ0n) is 25.6. The number of rotatable bonds is 16. The Kier molecular flexibility index (Phi) is 11.5. The number of carbonyl (C=O) groups excluding carboxylic acids is 2. The van der Waals surface area contributed by atoms with E-state index >= 15 is 0 Å². The third-order valence-electron chi connectivity index (χ3n) is 7.04. The maximum absolute atomic E-state index is 14.2. The van der Waals surface area contributed by atoms with Crippen molar-refractivity contribution in [2.24, 2.45) is 7.05 Å². The first-order valence-electron chi connectivity index (χ1n) is 14.1. The zero-order valence-corrected chi connectivity index (χ0v) is 25.6. The number of esters is 1. The van der Waals surface area contributed by atoms with Crippen LogP contribution in [0.2, 0.25) is 0 Å². The van der Waals surface area contributed by atoms with Gasteiger partial charge in [0, 0.05) is 31.8 Å². The van der Waals surface area contributed by atoms with E-state index in [-0.39, 0.29) is 37.6 Å². The third-order valence-corrected chi connectivity index (χ3v) is 7.04. The molecule has 0 aliphatic carbocycles. The van der Waals surface area contributed by atoms with Crippen molar-refractivity contribution in [2.75, 3.05) is 39.6 Å². The highest BCUT2D eigenvalue weighted by atomic mass is 16.7. The summed E-state index contributed by atoms with van der Waals surface area (Å²) in [7, 11) is 6.24. The van der Waals surface area contributed by atoms with Crippen molar-refractivity contribution in [2.45, 2.75) is 38.8 Å². The molecule has 4 rings (SSSR count). The Labute approximate surface area is 256 Å². The minimum Gasteiger partial charge on any atom is -0.497 e. The first-order valence-corrected chi connectivity index (χ1v) is 14.1. The van der Waals surface area contributed by atoms with Gasteiger partial charge in [-0.1, -0.05) is 47.5 Å². The summed E-state index contributed by atoms with van der Waals surface area (Å²) in [4.78, 5) is 27.7. The number of hydrogen-bond donors (Lipinski definition) is 0. The van der Waals surface area contributed by atoms with Crippen LogP contribution in [-0.2, 0) is 43.8 Å². The molecule has 0 spiro atoms. The van der Waals surface area contributed by atoms with E-state index in [9.17, 15) is 9.59 Å². The summed E-state index contributed by atoms with van der Waals surface area (Å²) in [6.07, 6.45) is 4.64. The molecule has 0 saturated heterocycles. The monoisotopic (exact) mass is 606 g/mol. The summed E-state index contributed by atoms with van der Waals surface area (Å²) >= 11 is 0. The van der Waals surface area contributed by atoms with Gasteiger partial charge in [-0.15, -0.1) is 0 Å². The van der Waals surface area contributed by atoms with Gasteiger partial charge in [0.1, 0.15) is 19.1 Å². The molecule has 0 bridgehead atoms. The van der Waals surface area contributed by atoms with E-state index in [0.717, 1.165) is 27.6 Å². The number of nitrogens with zero attached hydrogens (tertiary/aromatic N) is 4. The van der Waals surface area contributed by atoms with Crippen LogP contribution in [0.15, 0.2) is 71.0 Å². The largest absolute Gasteiger partial charge is 0.497 e. The smallest absolute Gasteiger partial charge is 0.396 e. The molecule has 1 atom stereocenters. The SMILES string of the molecule is CC/C(=C\OCc1ccccc1)C[C@H](COCOC)N(C(=O)Cc1cn(C)c2cc(OC)ccc12)c1nnc(C(=O)OC)o1. The Hall–Kier alpha value is -4.68. The molecular weight excluding hydrogens is 568 g/mol. The lowest BCUT2D eigenvalue weighted by atomic mass is 10.0. The molecule has 0 N–H and O–H groups in total. The first kappa shape index (κ1) is 32.2. The second-order valence-electron chi connectivity index (χ2n) is 10.0. The van der Waals surface area contributed by atoms with E-state index in [1.54, 1.807) is 13.4 Å². The lowest BCUT2D eigenvalue weighted by Crippen LogP contribution is -2.45. The normalized spacial score (nSPS) is 12.2. The molecule has 44 heavy (non-hydrogen) atoms. The van der Waals surface area contributed by atoms with Crippen molar-refractivity contribution in [3.63, 3.8) is 0 Å². The number of amides is 1. The topological polar surface area (TPSA) is 127 Å². The Morgan fingerprint density at radius 3 is 2.59 bits per heavy atom. The molecule has 0 fully saturated rings. The van der Waals surface area contributed by atoms with Crippen molar-refractivity contribution in [1.29, 1.82) is 0 Å². The van der Waals surface area contributed by atoms with E-state index in [0.29, 0.717) is 25.2 Å². The molecule has 0 aliphatic rings. The molecule has 1 amide bonds. The van der Waals surface area contributed by atoms with Crippen LogP contribution in [0.4, 0.5) is 6.01 Å². The number of methoxy groups -OCH3 is 3. The highest BCUT2D eigenvalue weighted by molar-refractivity contribution is 5.97. The number of ether oxygens (including phenoxy) is 5. The van der Waals surface area contributed by atoms with Crippen LogP contribution in [-0.4, -0.2) is 67.4 Å². The third kappa shape index (κ3) is 8.03. The highest BCUT2D eigenvalue weighted by Crippen LogP contribution is 2.28. The molecule has 2 heterocycles. The van der Waals surface area contributed by atoms with E-state index < -0.39 is 12.0 Å². The van der Waals surface area contributed by atoms with Crippen molar-refractivity contribution < 1.29 is 37.7 Å². The number of aryl methyl sites for hydroxylation is 1. The quantitative estimate of drug-likeness (QED) is 0.0758. The van der Waals surface area contributed by atoms with Crippen LogP contribution in [0, 0.1) is 0 Å². The standard InChI is InChI=1S/C32H38N4O8/c1-6-22(18-42-19-23-10-8-7-9-11-23)14-25(20-43-21-39-3)36(32-34-33-30(44-32)31(38)41-5)29(37)15-24-17-35(2)28-16-26(40-4)12-13-27(24)28/h7-13,16-18,25H,6,14-15,19-21H2,1-5H3/b22-18+/t25-/m1/s1. The molecule has 12 nitrogen and oxygen atoms in total. The molecule has 2 aromatic carbocycles. The molecular formula is C32H38N4O8. The van der Waals surface area contributed by atoms with Crippen molar-refractivity contribution in [3.8, 4) is 5.75 Å². The van der Waals surface area contributed by atoms with Crippen LogP contribution < -0.4 is 9.64 Å². The van der Waals surface area contributed by atoms with E-state index in [4.69, 9.17) is 28.1 Å². The summed E-state index contributed by atoms with van der Waals surface area (Å²) in [5.41, 5.74) is 3.66. The maximum atomic E-state index is 14.2. The van der Waals surface area contributed by atoms with Gasteiger partial charge in [-0.2, -0.15) is 0 Å². The van der Waals surface area contributed by atoms with Gasteiger partial charge in [0.05, 0.1) is 45.1 Å². The van der Waals surface area contributed by atoms with Crippen molar-refractivity contribution in [3.05, 3.63) is 83.6 Å². The van der Waals surface area contributed by atoms with Gasteiger partial charge < -0.3 is 32.7 Å². The minimum absolute atomic E-state index is 0.00998. The second kappa shape index (κ2) is 15.7. The number of anilines is 1. The number of benzene rings is 2. The average Bonchev–Trinajstić information content (AvgIpc) is 3.65. The molecule has 0 saturated carbocycles. The molecule has 0 aliphatic heterocycles. The number of aromatic nitrogens is 3. The van der Waals surface area contributed by atoms with E-state index in [2.05, 4.69) is 10.2 Å². The van der Waals surface area contributed by atoms with E-state index in [1.807, 2.05) is 73.3 Å². The Balaban J connectivity index is 1.67. The average molecular weight is 607 g/mol. The number of hydrogen-bond acceptors (Lipinski definition) is 10. The van der Waals surface area contributed by atoms with Gasteiger partial charge in [0.15, 0.2) is 0 Å². The van der Waals surface area contributed by atoms with Crippen molar-refractivity contribution in [1.82, 2.24) is 14.8 Å². The van der Waals surface area contributed by atoms with Crippen LogP contribution in [0.5, 0.6) is 5.75 Å². The van der Waals surface area contributed by atoms with Crippen LogP contribution in [0.1, 0.15) is 41.6 Å². The van der Waals surface area contributed by atoms with Gasteiger partial charge in [-0.05, 0) is 41.7 Å². The Morgan fingerprint density at radius 2 is 1.89 bits per heavy atom. The van der Waals surface area contributed by atoms with Gasteiger partial charge in [0.2, 0.25) is 5.91 Å². The number of fused-ring (bicyclic) bond motifs is 1. The lowest BCUT2D eigenvalue weighted by molar-refractivity contribution is -0.119. The molecule has 234 valence electrons. The fourth-order valence-corrected chi connectivity index (χ4v) is 4.81. The highest BCUT2D eigenvalue weighted by Gasteiger charge is 2.32. The summed E-state index contributed by atoms with van der Waals surface area (Å²) in [5.74, 6) is -0.801. The van der Waals surface area contributed by atoms with Crippen LogP contribution >= 0.6 is 0 Å². The fraction of sp³-hybridized carbons (Fsp3) is 0.375. The lowest BCUT2D eigenvalue weighted by Gasteiger charge is -2.29. The first-order chi connectivity index (χ1) is 21.4. The zero-order chi connectivity index (χ0) is 31.5. The van der Waals surface area contributed by atoms with Gasteiger partial charge in [-0.3, -0.25) is 9.69 Å². The number of carbonyl (C=O) groups is 2. The maximum Gasteiger partial charge on any atom is 0.396 e. The molecule has 0 radical (unpaired) electrons. The van der Waals surface area contributed by atoms with Gasteiger partial charge >= 0.3 is 17.9 Å². The van der Waals surface area contributed by atoms with E-state index in [1.165, 1.54) is 19.1 Å². The summed E-state index contributed by atoms with van der Waals surface area (Å²) < 4.78 is 34.5. The summed E-state index contributed by atoms with van der Waals surface area (Å²) in [6, 6.07) is 14.8. The molecule has 12 heteroatoms. The predicted octanol–water partition coefficient (Wildman–Crippen LogP) is 4.82. The summed E-state index contributed by atoms with van der Waals surface area (Å²) in [6.45, 7) is 2.49. The second-order valence-corrected chi connectivity index (χ2v) is 10.0. The molecule has 0 unspecified atom stereocenters. The minimum atomic E-state index is -0.810. The van der Waals surface area contributed by atoms with Gasteiger partial charge in [-0.25, -0.2) is 4.79 Å². The molecule has 2 aromatic heterocycles. The Bertz CT molecular complexity index is 1560. The van der Waals surface area contributed by atoms with Crippen LogP contribution in [0.25, 0.3) is 10.9 Å². The molecule has 4 aromatic rings.